The highest BCUT2D eigenvalue weighted by atomic mass is 35.5. The van der Waals surface area contributed by atoms with Crippen LogP contribution in [0.1, 0.15) is 29.7 Å². The van der Waals surface area contributed by atoms with Gasteiger partial charge in [-0.05, 0) is 49.2 Å². The van der Waals surface area contributed by atoms with E-state index in [1.54, 1.807) is 24.3 Å². The van der Waals surface area contributed by atoms with Crippen LogP contribution in [0.4, 0.5) is 5.82 Å². The number of anilines is 1. The Morgan fingerprint density at radius 2 is 1.67 bits per heavy atom. The van der Waals surface area contributed by atoms with Gasteiger partial charge < -0.3 is 26.7 Å². The Balaban J connectivity index is 0.00000353. The van der Waals surface area contributed by atoms with Gasteiger partial charge in [0, 0.05) is 27.3 Å². The van der Waals surface area contributed by atoms with Crippen molar-refractivity contribution in [2.45, 2.75) is 29.7 Å². The van der Waals surface area contributed by atoms with Crippen molar-refractivity contribution in [2.75, 3.05) is 25.5 Å². The topological polar surface area (TPSA) is 187 Å². The second-order valence-electron chi connectivity index (χ2n) is 9.17. The van der Waals surface area contributed by atoms with Crippen LogP contribution in [0.25, 0.3) is 21.7 Å². The number of nitrogens with zero attached hydrogens (tertiary/aromatic N) is 4. The molecule has 1 atom stereocenters. The number of nitrogens with two attached hydrogens (primary N) is 3. The first-order valence-corrected chi connectivity index (χ1v) is 15.4. The number of thiazole rings is 1. The summed E-state index contributed by atoms with van der Waals surface area (Å²) in [6.07, 6.45) is 1.10. The zero-order valence-electron chi connectivity index (χ0n) is 23.8. The van der Waals surface area contributed by atoms with Crippen molar-refractivity contribution >= 4 is 71.3 Å². The van der Waals surface area contributed by atoms with Crippen LogP contribution < -0.4 is 21.9 Å². The van der Waals surface area contributed by atoms with Gasteiger partial charge in [0.1, 0.15) is 58.6 Å². The lowest BCUT2D eigenvalue weighted by molar-refractivity contribution is -0.146. The SMILES string of the molecule is Cl.Cl.N#Cc1c(N)nc(SCc2csc(-c3ccc(Cl)cc3)n2)c(C#N)c1-c1ccc(OCCOC(=O)[C@H](N)CCCN)cc1. The van der Waals surface area contributed by atoms with Gasteiger partial charge >= 0.3 is 5.97 Å². The number of rotatable bonds is 13. The van der Waals surface area contributed by atoms with Gasteiger partial charge in [-0.3, -0.25) is 4.79 Å². The van der Waals surface area contributed by atoms with E-state index in [0.717, 1.165) is 16.3 Å². The second kappa shape index (κ2) is 18.4. The highest BCUT2D eigenvalue weighted by molar-refractivity contribution is 7.98. The molecule has 0 saturated carbocycles. The van der Waals surface area contributed by atoms with Crippen molar-refractivity contribution in [1.82, 2.24) is 9.97 Å². The van der Waals surface area contributed by atoms with Gasteiger partial charge in [0.2, 0.25) is 0 Å². The summed E-state index contributed by atoms with van der Waals surface area (Å²) >= 11 is 8.83. The van der Waals surface area contributed by atoms with Crippen LogP contribution in [0, 0.1) is 22.7 Å². The molecule has 2 aromatic carbocycles. The van der Waals surface area contributed by atoms with E-state index in [1.807, 2.05) is 29.6 Å². The summed E-state index contributed by atoms with van der Waals surface area (Å²) in [5.41, 5.74) is 20.5. The fourth-order valence-electron chi connectivity index (χ4n) is 4.01. The molecule has 0 spiro atoms. The summed E-state index contributed by atoms with van der Waals surface area (Å²) in [6, 6.07) is 17.9. The van der Waals surface area contributed by atoms with Crippen molar-refractivity contribution in [1.29, 1.82) is 10.5 Å². The maximum absolute atomic E-state index is 11.9. The van der Waals surface area contributed by atoms with Crippen molar-refractivity contribution in [3.63, 3.8) is 0 Å². The normalized spacial score (nSPS) is 10.9. The Hall–Kier alpha value is -3.59. The van der Waals surface area contributed by atoms with Gasteiger partial charge in [0.15, 0.2) is 0 Å². The molecule has 0 unspecified atom stereocenters. The minimum Gasteiger partial charge on any atom is -0.490 e. The van der Waals surface area contributed by atoms with E-state index in [9.17, 15) is 15.3 Å². The number of carbonyl (C=O) groups is 1. The van der Waals surface area contributed by atoms with Crippen LogP contribution in [0.3, 0.4) is 0 Å². The molecule has 0 bridgehead atoms. The smallest absolute Gasteiger partial charge is 0.323 e. The highest BCUT2D eigenvalue weighted by Crippen LogP contribution is 2.37. The average Bonchev–Trinajstić information content (AvgIpc) is 3.50. The van der Waals surface area contributed by atoms with Gasteiger partial charge in [-0.2, -0.15) is 10.5 Å². The fourth-order valence-corrected chi connectivity index (χ4v) is 5.96. The number of hydrogen-bond donors (Lipinski definition) is 3. The minimum absolute atomic E-state index is 0. The Kier molecular flexibility index (Phi) is 15.4. The first-order valence-electron chi connectivity index (χ1n) is 13.2. The van der Waals surface area contributed by atoms with Crippen LogP contribution in [0.5, 0.6) is 5.75 Å². The number of ether oxygens (including phenoxy) is 2. The highest BCUT2D eigenvalue weighted by Gasteiger charge is 2.21. The van der Waals surface area contributed by atoms with Gasteiger partial charge in [-0.25, -0.2) is 9.97 Å². The monoisotopic (exact) mass is 705 g/mol. The number of esters is 1. The zero-order chi connectivity index (χ0) is 30.8. The molecule has 0 saturated heterocycles. The number of halogens is 3. The Morgan fingerprint density at radius 1 is 1.00 bits per heavy atom. The van der Waals surface area contributed by atoms with Gasteiger partial charge in [0.05, 0.1) is 11.3 Å². The third-order valence-corrected chi connectivity index (χ3v) is 8.38. The van der Waals surface area contributed by atoms with Crippen molar-refractivity contribution in [3.05, 3.63) is 75.8 Å². The number of aromatic nitrogens is 2. The predicted octanol–water partition coefficient (Wildman–Crippen LogP) is 5.98. The predicted molar refractivity (Wildman–Crippen MR) is 183 cm³/mol. The average molecular weight is 707 g/mol. The third-order valence-electron chi connectivity index (χ3n) is 6.18. The molecule has 0 fully saturated rings. The van der Waals surface area contributed by atoms with Crippen molar-refractivity contribution in [2.24, 2.45) is 11.5 Å². The first kappa shape index (κ1) is 37.6. The molecule has 4 rings (SSSR count). The van der Waals surface area contributed by atoms with E-state index in [2.05, 4.69) is 17.1 Å². The molecule has 10 nitrogen and oxygen atoms in total. The molecule has 2 aromatic heterocycles. The van der Waals surface area contributed by atoms with E-state index in [-0.39, 0.29) is 55.0 Å². The Bertz CT molecular complexity index is 1660. The molecular formula is C30H30Cl3N7O3S2. The maximum Gasteiger partial charge on any atom is 0.323 e. The lowest BCUT2D eigenvalue weighted by atomic mass is 9.97. The molecule has 0 amide bonds. The number of carbonyl (C=O) groups excluding carboxylic acids is 1. The summed E-state index contributed by atoms with van der Waals surface area (Å²) in [5, 5.41) is 23.8. The molecule has 2 heterocycles. The largest absolute Gasteiger partial charge is 0.490 e. The van der Waals surface area contributed by atoms with E-state index in [4.69, 9.17) is 43.3 Å². The van der Waals surface area contributed by atoms with E-state index in [0.29, 0.717) is 52.1 Å². The number of benzene rings is 2. The van der Waals surface area contributed by atoms with Crippen LogP contribution in [0.15, 0.2) is 58.9 Å². The fraction of sp³-hybridized carbons (Fsp3) is 0.233. The van der Waals surface area contributed by atoms with Crippen molar-refractivity contribution < 1.29 is 14.3 Å². The van der Waals surface area contributed by atoms with Crippen molar-refractivity contribution in [3.8, 4) is 39.6 Å². The zero-order valence-corrected chi connectivity index (χ0v) is 27.8. The van der Waals surface area contributed by atoms with E-state index < -0.39 is 12.0 Å². The van der Waals surface area contributed by atoms with Gasteiger partial charge in [-0.1, -0.05) is 47.6 Å². The quantitative estimate of drug-likeness (QED) is 0.0844. The molecule has 236 valence electrons. The van der Waals surface area contributed by atoms with Crippen LogP contribution in [0.2, 0.25) is 5.02 Å². The summed E-state index contributed by atoms with van der Waals surface area (Å²) in [7, 11) is 0. The summed E-state index contributed by atoms with van der Waals surface area (Å²) in [5.74, 6) is 0.499. The molecule has 15 heteroatoms. The standard InChI is InChI=1S/C30H28ClN7O3S2.2ClH/c31-20-7-3-19(4-8-20)28-37-21(16-42-28)17-43-29-24(15-34)26(23(14-33)27(36)38-29)18-5-9-22(10-6-18)40-12-13-41-30(39)25(35)2-1-11-32;;/h3-10,16,25H,1-2,11-13,17,32,35H2,(H2,36,38);2*1H/t25-;;/m1../s1. The molecule has 0 aliphatic rings. The van der Waals surface area contributed by atoms with Crippen LogP contribution in [-0.2, 0) is 15.3 Å². The molecular weight excluding hydrogens is 677 g/mol. The summed E-state index contributed by atoms with van der Waals surface area (Å²) < 4.78 is 10.8. The minimum atomic E-state index is -0.712. The molecule has 6 N–H and O–H groups in total. The number of thioether (sulfide) groups is 1. The van der Waals surface area contributed by atoms with Crippen LogP contribution in [-0.4, -0.2) is 41.7 Å². The van der Waals surface area contributed by atoms with Gasteiger partial charge in [0.25, 0.3) is 0 Å². The van der Waals surface area contributed by atoms with Gasteiger partial charge in [-0.15, -0.1) is 36.2 Å². The molecule has 45 heavy (non-hydrogen) atoms. The van der Waals surface area contributed by atoms with E-state index in [1.165, 1.54) is 23.1 Å². The Morgan fingerprint density at radius 3 is 2.31 bits per heavy atom. The third kappa shape index (κ3) is 9.95. The summed E-state index contributed by atoms with van der Waals surface area (Å²) in [4.78, 5) is 21.0. The number of pyridine rings is 1. The van der Waals surface area contributed by atoms with E-state index >= 15 is 0 Å². The number of hydrogen-bond acceptors (Lipinski definition) is 12. The number of nitrogen functional groups attached to an aromatic ring is 1. The lowest BCUT2D eigenvalue weighted by Crippen LogP contribution is -2.33. The lowest BCUT2D eigenvalue weighted by Gasteiger charge is -2.14. The summed E-state index contributed by atoms with van der Waals surface area (Å²) in [6.45, 7) is 0.619. The molecule has 4 aromatic rings. The first-order chi connectivity index (χ1) is 20.8. The maximum atomic E-state index is 11.9. The second-order valence-corrected chi connectivity index (χ2v) is 11.4. The Labute approximate surface area is 286 Å². The molecule has 0 radical (unpaired) electrons. The molecule has 0 aliphatic heterocycles. The molecule has 0 aliphatic carbocycles. The number of nitriles is 2. The van der Waals surface area contributed by atoms with Crippen LogP contribution >= 0.6 is 59.5 Å².